The summed E-state index contributed by atoms with van der Waals surface area (Å²) in [6, 6.07) is 3.24. The van der Waals surface area contributed by atoms with Crippen molar-refractivity contribution in [1.82, 2.24) is 4.98 Å². The number of esters is 1. The molecule has 18 heavy (non-hydrogen) atoms. The first-order chi connectivity index (χ1) is 8.34. The molecule has 7 heteroatoms. The number of methoxy groups -OCH3 is 1. The van der Waals surface area contributed by atoms with E-state index >= 15 is 0 Å². The molecule has 0 aliphatic heterocycles. The number of H-pyrrole nitrogens is 1. The highest BCUT2D eigenvalue weighted by atomic mass is 35.5. The van der Waals surface area contributed by atoms with Crippen LogP contribution in [0.5, 0.6) is 0 Å². The fourth-order valence-corrected chi connectivity index (χ4v) is 1.85. The smallest absolute Gasteiger partial charge is 0.418 e. The van der Waals surface area contributed by atoms with Crippen LogP contribution in [0.4, 0.5) is 13.2 Å². The number of nitrogens with one attached hydrogen (secondary N) is 1. The lowest BCUT2D eigenvalue weighted by molar-refractivity contribution is -0.136. The van der Waals surface area contributed by atoms with Gasteiger partial charge in [0, 0.05) is 10.4 Å². The molecule has 0 saturated carbocycles. The number of halogens is 4. The van der Waals surface area contributed by atoms with E-state index in [1.165, 1.54) is 6.07 Å². The lowest BCUT2D eigenvalue weighted by atomic mass is 10.1. The number of aromatic amines is 1. The molecule has 0 aliphatic carbocycles. The minimum absolute atomic E-state index is 0.0777. The number of alkyl halides is 3. The third kappa shape index (κ3) is 2.03. The Hall–Kier alpha value is -1.69. The molecule has 0 radical (unpaired) electrons. The van der Waals surface area contributed by atoms with Gasteiger partial charge in [0.05, 0.1) is 18.2 Å². The van der Waals surface area contributed by atoms with Gasteiger partial charge in [0.15, 0.2) is 0 Å². The lowest BCUT2D eigenvalue weighted by Gasteiger charge is -2.08. The van der Waals surface area contributed by atoms with Crippen molar-refractivity contribution in [2.45, 2.75) is 6.18 Å². The van der Waals surface area contributed by atoms with Gasteiger partial charge in [-0.05, 0) is 18.2 Å². The maximum absolute atomic E-state index is 12.8. The fraction of sp³-hybridized carbons (Fsp3) is 0.182. The topological polar surface area (TPSA) is 42.1 Å². The molecule has 1 aromatic carbocycles. The van der Waals surface area contributed by atoms with Crippen LogP contribution in [0.25, 0.3) is 10.9 Å². The van der Waals surface area contributed by atoms with Gasteiger partial charge in [-0.15, -0.1) is 0 Å². The summed E-state index contributed by atoms with van der Waals surface area (Å²) in [4.78, 5) is 13.7. The Balaban J connectivity index is 2.73. The largest absolute Gasteiger partial charge is 0.464 e. The predicted molar refractivity (Wildman–Crippen MR) is 59.7 cm³/mol. The molecule has 1 N–H and O–H groups in total. The number of aromatic nitrogens is 1. The Morgan fingerprint density at radius 1 is 1.39 bits per heavy atom. The van der Waals surface area contributed by atoms with Gasteiger partial charge in [0.25, 0.3) is 0 Å². The van der Waals surface area contributed by atoms with E-state index in [4.69, 9.17) is 11.6 Å². The quantitative estimate of drug-likeness (QED) is 0.809. The first kappa shape index (κ1) is 12.8. The lowest BCUT2D eigenvalue weighted by Crippen LogP contribution is -2.06. The van der Waals surface area contributed by atoms with Crippen LogP contribution < -0.4 is 0 Å². The average molecular weight is 278 g/mol. The number of hydrogen-bond donors (Lipinski definition) is 1. The molecule has 1 heterocycles. The molecule has 2 rings (SSSR count). The first-order valence-electron chi connectivity index (χ1n) is 4.81. The predicted octanol–water partition coefficient (Wildman–Crippen LogP) is 3.63. The number of fused-ring (bicyclic) bond motifs is 1. The van der Waals surface area contributed by atoms with Crippen molar-refractivity contribution >= 4 is 28.5 Å². The number of hydrogen-bond acceptors (Lipinski definition) is 2. The highest BCUT2D eigenvalue weighted by Gasteiger charge is 2.34. The van der Waals surface area contributed by atoms with E-state index in [0.29, 0.717) is 0 Å². The summed E-state index contributed by atoms with van der Waals surface area (Å²) in [7, 11) is 1.14. The van der Waals surface area contributed by atoms with Crippen molar-refractivity contribution in [2.24, 2.45) is 0 Å². The summed E-state index contributed by atoms with van der Waals surface area (Å²) in [6.45, 7) is 0. The van der Waals surface area contributed by atoms with Crippen molar-refractivity contribution in [3.8, 4) is 0 Å². The zero-order valence-corrected chi connectivity index (χ0v) is 9.82. The Bertz CT molecular complexity index is 619. The summed E-state index contributed by atoms with van der Waals surface area (Å²) in [5.74, 6) is -0.754. The SMILES string of the molecule is COC(=O)c1cc2c(Cl)ccc(C(F)(F)F)c2[nH]1. The first-order valence-corrected chi connectivity index (χ1v) is 5.19. The van der Waals surface area contributed by atoms with Crippen molar-refractivity contribution in [3.05, 3.63) is 34.5 Å². The van der Waals surface area contributed by atoms with Gasteiger partial charge >= 0.3 is 12.1 Å². The normalized spacial score (nSPS) is 11.8. The van der Waals surface area contributed by atoms with Gasteiger partial charge in [-0.1, -0.05) is 11.6 Å². The number of carbonyl (C=O) groups excluding carboxylic acids is 1. The summed E-state index contributed by atoms with van der Waals surface area (Å²) in [5.41, 5.74) is -1.18. The highest BCUT2D eigenvalue weighted by Crippen LogP contribution is 2.37. The minimum atomic E-state index is -4.53. The molecule has 0 amide bonds. The van der Waals surface area contributed by atoms with Crippen LogP contribution in [-0.2, 0) is 10.9 Å². The Morgan fingerprint density at radius 3 is 2.61 bits per heavy atom. The van der Waals surface area contributed by atoms with Gasteiger partial charge in [0.1, 0.15) is 5.69 Å². The second-order valence-corrected chi connectivity index (χ2v) is 3.96. The number of benzene rings is 1. The fourth-order valence-electron chi connectivity index (χ4n) is 1.64. The molecule has 0 atom stereocenters. The van der Waals surface area contributed by atoms with E-state index in [9.17, 15) is 18.0 Å². The van der Waals surface area contributed by atoms with Crippen molar-refractivity contribution in [3.63, 3.8) is 0 Å². The number of ether oxygens (including phenoxy) is 1. The molecule has 2 aromatic rings. The molecule has 0 spiro atoms. The molecule has 0 fully saturated rings. The molecule has 96 valence electrons. The van der Waals surface area contributed by atoms with Crippen LogP contribution in [0.2, 0.25) is 5.02 Å². The van der Waals surface area contributed by atoms with Crippen molar-refractivity contribution in [1.29, 1.82) is 0 Å². The standard InChI is InChI=1S/C11H7ClF3NO2/c1-18-10(17)8-4-5-7(12)3-2-6(9(5)16-8)11(13,14)15/h2-4,16H,1H3. The van der Waals surface area contributed by atoms with Gasteiger partial charge in [-0.25, -0.2) is 4.79 Å². The summed E-state index contributed by atoms with van der Waals surface area (Å²) in [5, 5.41) is 0.260. The zero-order valence-electron chi connectivity index (χ0n) is 9.06. The summed E-state index contributed by atoms with van der Waals surface area (Å²) >= 11 is 5.80. The molecular formula is C11H7ClF3NO2. The Kier molecular flexibility index (Phi) is 2.98. The zero-order chi connectivity index (χ0) is 13.5. The Morgan fingerprint density at radius 2 is 2.06 bits per heavy atom. The third-order valence-corrected chi connectivity index (χ3v) is 2.78. The van der Waals surface area contributed by atoms with Crippen LogP contribution >= 0.6 is 11.6 Å². The third-order valence-electron chi connectivity index (χ3n) is 2.45. The van der Waals surface area contributed by atoms with E-state index in [-0.39, 0.29) is 21.6 Å². The van der Waals surface area contributed by atoms with Gasteiger partial charge in [0.2, 0.25) is 0 Å². The number of rotatable bonds is 1. The highest BCUT2D eigenvalue weighted by molar-refractivity contribution is 6.35. The molecule has 0 bridgehead atoms. The Labute approximate surface area is 104 Å². The molecule has 3 nitrogen and oxygen atoms in total. The van der Waals surface area contributed by atoms with E-state index in [0.717, 1.165) is 19.2 Å². The van der Waals surface area contributed by atoms with E-state index in [1.54, 1.807) is 0 Å². The molecule has 0 saturated heterocycles. The summed E-state index contributed by atoms with van der Waals surface area (Å²) in [6.07, 6.45) is -4.53. The van der Waals surface area contributed by atoms with Crippen LogP contribution in [0.3, 0.4) is 0 Å². The van der Waals surface area contributed by atoms with Crippen LogP contribution in [-0.4, -0.2) is 18.1 Å². The average Bonchev–Trinajstić information content (AvgIpc) is 2.72. The molecule has 0 unspecified atom stereocenters. The maximum atomic E-state index is 12.8. The summed E-state index contributed by atoms with van der Waals surface area (Å²) < 4.78 is 42.7. The van der Waals surface area contributed by atoms with Gasteiger partial charge < -0.3 is 9.72 Å². The van der Waals surface area contributed by atoms with E-state index in [1.807, 2.05) is 0 Å². The minimum Gasteiger partial charge on any atom is -0.464 e. The molecular weight excluding hydrogens is 271 g/mol. The number of carbonyl (C=O) groups is 1. The van der Waals surface area contributed by atoms with E-state index < -0.39 is 17.7 Å². The second-order valence-electron chi connectivity index (χ2n) is 3.56. The van der Waals surface area contributed by atoms with Crippen LogP contribution in [0.1, 0.15) is 16.1 Å². The monoisotopic (exact) mass is 277 g/mol. The molecule has 1 aromatic heterocycles. The van der Waals surface area contributed by atoms with Gasteiger partial charge in [-0.2, -0.15) is 13.2 Å². The van der Waals surface area contributed by atoms with Gasteiger partial charge in [-0.3, -0.25) is 0 Å². The van der Waals surface area contributed by atoms with Crippen LogP contribution in [0.15, 0.2) is 18.2 Å². The second kappa shape index (κ2) is 4.20. The van der Waals surface area contributed by atoms with Crippen LogP contribution in [0, 0.1) is 0 Å². The van der Waals surface area contributed by atoms with Crippen molar-refractivity contribution in [2.75, 3.05) is 7.11 Å². The van der Waals surface area contributed by atoms with Crippen molar-refractivity contribution < 1.29 is 22.7 Å². The maximum Gasteiger partial charge on any atom is 0.418 e. The van der Waals surface area contributed by atoms with E-state index in [2.05, 4.69) is 9.72 Å². The molecule has 0 aliphatic rings.